The van der Waals surface area contributed by atoms with Gasteiger partial charge in [-0.15, -0.1) is 0 Å². The summed E-state index contributed by atoms with van der Waals surface area (Å²) in [7, 11) is 12.2. The van der Waals surface area contributed by atoms with E-state index in [0.29, 0.717) is 58.6 Å². The predicted molar refractivity (Wildman–Crippen MR) is 503 cm³/mol. The van der Waals surface area contributed by atoms with E-state index in [-0.39, 0.29) is 145 Å². The van der Waals surface area contributed by atoms with Gasteiger partial charge in [0, 0.05) is 85.2 Å². The van der Waals surface area contributed by atoms with Gasteiger partial charge in [0.25, 0.3) is 36.5 Å². The van der Waals surface area contributed by atoms with Crippen molar-refractivity contribution in [2.75, 3.05) is 96.0 Å². The van der Waals surface area contributed by atoms with E-state index < -0.39 is 265 Å². The van der Waals surface area contributed by atoms with E-state index in [1.165, 1.54) is 98.3 Å². The number of halogens is 5. The second kappa shape index (κ2) is 42.5. The van der Waals surface area contributed by atoms with Crippen molar-refractivity contribution in [1.82, 2.24) is 46.5 Å². The van der Waals surface area contributed by atoms with Crippen LogP contribution in [0.4, 0.5) is 22.0 Å². The Balaban J connectivity index is 0.000000164. The average molecular weight is 2070 g/mol. The number of carbonyl (C=O) groups is 12. The van der Waals surface area contributed by atoms with Gasteiger partial charge in [-0.1, -0.05) is 38.1 Å². The van der Waals surface area contributed by atoms with Crippen LogP contribution in [-0.2, 0) is 124 Å². The van der Waals surface area contributed by atoms with Crippen molar-refractivity contribution < 1.29 is 176 Å². The molecule has 44 nitrogen and oxygen atoms in total. The lowest BCUT2D eigenvalue weighted by atomic mass is 9.57. The second-order valence-electron chi connectivity index (χ2n) is 38.7. The molecule has 0 bridgehead atoms. The normalized spacial score (nSPS) is 27.6. The number of aliphatic hydroxyl groups is 12. The molecule has 147 heavy (non-hydrogen) atoms. The Morgan fingerprint density at radius 1 is 0.381 bits per heavy atom. The summed E-state index contributed by atoms with van der Waals surface area (Å²) in [5.74, 6) is -28.3. The highest BCUT2D eigenvalue weighted by Crippen LogP contribution is 2.60. The number of aliphatic hydroxyl groups excluding tert-OH is 8. The molecule has 16 atom stereocenters. The lowest BCUT2D eigenvalue weighted by Crippen LogP contribution is -2.65. The van der Waals surface area contributed by atoms with Gasteiger partial charge in [-0.3, -0.25) is 97.1 Å². The van der Waals surface area contributed by atoms with Crippen LogP contribution in [0, 0.1) is 47.3 Å². The van der Waals surface area contributed by atoms with Gasteiger partial charge >= 0.3 is 0 Å². The van der Waals surface area contributed by atoms with Crippen molar-refractivity contribution in [2.24, 2.45) is 70.3 Å². The molecule has 0 unspecified atom stereocenters. The van der Waals surface area contributed by atoms with Gasteiger partial charge < -0.3 is 105 Å². The Kier molecular flexibility index (Phi) is 32.0. The number of fused-ring (bicyclic) bond motifs is 12. The maximum Gasteiger partial charge on any atom is 0.263 e. The monoisotopic (exact) mass is 2070 g/mol. The molecule has 49 heteroatoms. The number of aromatic hydroxyl groups is 4. The maximum atomic E-state index is 13.9. The fourth-order valence-corrected chi connectivity index (χ4v) is 23.3. The molecule has 12 aliphatic rings. The first-order valence-electron chi connectivity index (χ1n) is 46.6. The van der Waals surface area contributed by atoms with E-state index in [1.54, 1.807) is 26.2 Å². The summed E-state index contributed by atoms with van der Waals surface area (Å²) in [5, 5.41) is 179. The number of Topliss-reactive ketones (excluding diaryl/α,β-unsaturated/α-hetero) is 8. The number of ketones is 8. The molecule has 4 amide bonds. The quantitative estimate of drug-likeness (QED) is 0.0162. The molecular formula is C98H116F5N13O31. The van der Waals surface area contributed by atoms with E-state index in [9.17, 15) is 161 Å². The first kappa shape index (κ1) is 111. The second-order valence-corrected chi connectivity index (χ2v) is 38.7. The molecule has 0 heterocycles. The summed E-state index contributed by atoms with van der Waals surface area (Å²) < 4.78 is 61.8. The minimum absolute atomic E-state index is 0.00730. The number of rotatable bonds is 28. The number of hydrogen-bond acceptors (Lipinski definition) is 40. The first-order valence-corrected chi connectivity index (χ1v) is 46.6. The van der Waals surface area contributed by atoms with Crippen LogP contribution in [0.3, 0.4) is 0 Å². The number of hydroxylamine groups is 3. The molecule has 4 saturated carbocycles. The molecule has 0 saturated heterocycles. The largest absolute Gasteiger partial charge is 0.508 e. The third-order valence-corrected chi connectivity index (χ3v) is 29.6. The van der Waals surface area contributed by atoms with Crippen LogP contribution >= 0.6 is 0 Å². The third-order valence-electron chi connectivity index (χ3n) is 29.6. The zero-order chi connectivity index (χ0) is 109. The highest BCUT2D eigenvalue weighted by molar-refractivity contribution is 6.28. The lowest BCUT2D eigenvalue weighted by molar-refractivity contribution is -0.155. The van der Waals surface area contributed by atoms with E-state index in [2.05, 4.69) is 21.9 Å². The molecule has 794 valence electrons. The number of amides is 4. The molecule has 0 spiro atoms. The van der Waals surface area contributed by atoms with Crippen molar-refractivity contribution in [3.63, 3.8) is 0 Å². The van der Waals surface area contributed by atoms with E-state index in [0.717, 1.165) is 5.56 Å². The van der Waals surface area contributed by atoms with Crippen molar-refractivity contribution >= 4 is 92.9 Å². The van der Waals surface area contributed by atoms with E-state index in [4.69, 9.17) is 37.4 Å². The molecular weight excluding hydrogens is 1950 g/mol. The Hall–Kier alpha value is -13.4. The first-order chi connectivity index (χ1) is 69.0. The molecule has 4 fully saturated rings. The van der Waals surface area contributed by atoms with Crippen molar-refractivity contribution in [1.29, 1.82) is 0 Å². The smallest absolute Gasteiger partial charge is 0.263 e. The van der Waals surface area contributed by atoms with Crippen LogP contribution in [0.5, 0.6) is 23.0 Å². The fraction of sp³-hybridized carbons (Fsp3) is 0.469. The highest BCUT2D eigenvalue weighted by Gasteiger charge is 2.70. The molecule has 28 N–H and O–H groups in total. The number of nitrogens with one attached hydrogen (secondary N) is 4. The topological polar surface area (TPSA) is 725 Å². The van der Waals surface area contributed by atoms with Crippen LogP contribution in [0.2, 0.25) is 0 Å². The van der Waals surface area contributed by atoms with Crippen molar-refractivity contribution in [2.45, 2.75) is 151 Å². The average Bonchev–Trinajstić information content (AvgIpc) is 0.709. The van der Waals surface area contributed by atoms with Gasteiger partial charge in [-0.25, -0.2) is 27.0 Å². The van der Waals surface area contributed by atoms with E-state index in [1.807, 2.05) is 18.9 Å². The minimum Gasteiger partial charge on any atom is -0.508 e. The number of nitrogens with two attached hydrogens (primary N) is 4. The maximum absolute atomic E-state index is 13.9. The number of primary amides is 4. The number of phenolic OH excluding ortho intramolecular Hbond substituents is 4. The van der Waals surface area contributed by atoms with Gasteiger partial charge in [-0.05, 0) is 200 Å². The number of nitrogens with zero attached hydrogens (tertiary/aromatic N) is 5. The molecule has 16 rings (SSSR count). The Morgan fingerprint density at radius 2 is 0.612 bits per heavy atom. The number of benzene rings is 4. The molecule has 0 aromatic heterocycles. The van der Waals surface area contributed by atoms with Crippen molar-refractivity contribution in [3.05, 3.63) is 183 Å². The summed E-state index contributed by atoms with van der Waals surface area (Å²) in [6.07, 6.45) is -4.86. The summed E-state index contributed by atoms with van der Waals surface area (Å²) in [5.41, 5.74) is 21.1. The lowest BCUT2D eigenvalue weighted by Gasteiger charge is -2.50. The Morgan fingerprint density at radius 3 is 0.823 bits per heavy atom. The molecule has 0 radical (unpaired) electrons. The number of alkyl halides is 5. The van der Waals surface area contributed by atoms with Gasteiger partial charge in [-0.2, -0.15) is 16.4 Å². The van der Waals surface area contributed by atoms with Gasteiger partial charge in [0.05, 0.1) is 53.0 Å². The number of carbonyl (C=O) groups excluding carboxylic acids is 12. The van der Waals surface area contributed by atoms with Crippen LogP contribution in [-0.4, -0.2) is 332 Å². The van der Waals surface area contributed by atoms with Gasteiger partial charge in [0.15, 0.2) is 45.5 Å². The highest BCUT2D eigenvalue weighted by atomic mass is 19.3. The number of likely N-dealkylation sites (N-methyl/N-ethyl adjacent to an activating group) is 4. The fourth-order valence-electron chi connectivity index (χ4n) is 23.3. The predicted octanol–water partition coefficient (Wildman–Crippen LogP) is 0.766. The minimum atomic E-state index is -2.72. The SMILES string of the molecule is CCNN(CC)Cc1ccc(O)c2c1C[C@H]1C[C@H]3[C@H](N(C)C)C(=O)C(C(N)=O)=C(O)[C@@]3(O)C(=O)C1=C2O.CN(C)[C@@H]1C(=O)C(C(N)=O)=C(O)[C@@]2(O)C(=O)C3=C(O)c4c(O)ccc(CNOCC(F)F)c4C[C@H]3C[C@@H]12.CN(C)[C@@H]1C(=O)C(C(N)=O)=C(O)[C@@]2(O)C(=O)C3=C(O)c4c(O)ccc(CNOCCF)c4C[C@H]3C[C@@H]12.CN(C)[C@H]1C(=O)C(C(N)=O)=C(O)[C@@]2(O)C(=O)C3=C(O)c4c(O)ccc(CNOCC(F)F)c4C[C@H]3C[C@@H]12. The van der Waals surface area contributed by atoms with Gasteiger partial charge in [0.2, 0.25) is 23.1 Å². The third kappa shape index (κ3) is 18.7. The summed E-state index contributed by atoms with van der Waals surface area (Å²) >= 11 is 0. The number of hydrazine groups is 1. The van der Waals surface area contributed by atoms with E-state index >= 15 is 0 Å². The standard InChI is InChI=1S/C26H34N4O7.2C24H27F2N3O8.C24H28FN3O8/c1-5-28-30(6-2)11-12-7-8-16(31)18-14(12)9-13-10-15-20(29(3)4)22(33)19(25(27)36)24(35)26(15,37)23(34)17(13)21(18)32;2*1-29(2)18-12-6-10-5-11-9(7-28-37-8-14(25)26)3-4-13(30)16(11)19(31)15(10)21(33)24(12,36)22(34)17(20(18)32)23(27)35;1-28(2)18-13-8-11-7-12-10(9-27-36-6-5-25)3-4-14(29)16(12)19(30)15(11)21(32)24(13,35)22(33)17(20(18)31)23(26)34/h7-8,13,15,20,28,31-32,35,37H,5-6,9-11H2,1-4H3,(H2,27,36);2*3-4,10,12,14,18,28,30-31,34,36H,5-8H2,1-2H3,(H2,27,35);3-4,11,13,18,27,29-30,33,35H,5-9H2,1-2H3,(H2,26,34)/t13-,15-,20-,26-;10-,12-,18+,24-;10-,12-,18-,24-;11-,13-,18-,24-/m0000/s1. The summed E-state index contributed by atoms with van der Waals surface area (Å²) in [6.45, 7) is 3.31. The Labute approximate surface area is 834 Å². The zero-order valence-electron chi connectivity index (χ0n) is 81.1. The Bertz CT molecular complexity index is 6260. The van der Waals surface area contributed by atoms with Crippen molar-refractivity contribution in [3.8, 4) is 23.0 Å². The molecule has 4 aromatic carbocycles. The van der Waals surface area contributed by atoms with Crippen LogP contribution < -0.4 is 44.8 Å². The van der Waals surface area contributed by atoms with Crippen LogP contribution in [0.25, 0.3) is 23.0 Å². The summed E-state index contributed by atoms with van der Waals surface area (Å²) in [6, 6.07) is 7.00. The zero-order valence-corrected chi connectivity index (χ0v) is 81.1. The molecule has 4 aromatic rings. The van der Waals surface area contributed by atoms with Gasteiger partial charge in [0.1, 0.15) is 111 Å². The number of phenols is 4. The molecule has 0 aliphatic heterocycles. The summed E-state index contributed by atoms with van der Waals surface area (Å²) in [4.78, 5) is 176. The van der Waals surface area contributed by atoms with Crippen LogP contribution in [0.1, 0.15) is 106 Å². The number of hydrogen-bond donors (Lipinski definition) is 24. The van der Waals surface area contributed by atoms with Crippen LogP contribution in [0.15, 0.2) is 116 Å². The molecule has 12 aliphatic carbocycles.